The molecule has 0 aliphatic carbocycles. The van der Waals surface area contributed by atoms with Crippen molar-refractivity contribution in [3.05, 3.63) is 47.5 Å². The summed E-state index contributed by atoms with van der Waals surface area (Å²) in [6.45, 7) is 0.699. The molecule has 0 aromatic carbocycles. The summed E-state index contributed by atoms with van der Waals surface area (Å²) < 4.78 is 5.63. The molecule has 0 bridgehead atoms. The van der Waals surface area contributed by atoms with E-state index in [0.29, 0.717) is 23.1 Å². The van der Waals surface area contributed by atoms with Crippen molar-refractivity contribution in [3.8, 4) is 11.5 Å². The molecule has 4 nitrogen and oxygen atoms in total. The Bertz CT molecular complexity index is 505. The Morgan fingerprint density at radius 1 is 1.29 bits per heavy atom. The van der Waals surface area contributed by atoms with Crippen LogP contribution in [0.2, 0.25) is 5.02 Å². The van der Waals surface area contributed by atoms with Gasteiger partial charge >= 0.3 is 0 Å². The van der Waals surface area contributed by atoms with Gasteiger partial charge in [0.25, 0.3) is 0 Å². The molecular formula is C12H12ClN3O. The molecule has 0 amide bonds. The van der Waals surface area contributed by atoms with Crippen LogP contribution in [0.3, 0.4) is 0 Å². The molecule has 0 saturated heterocycles. The number of aromatic nitrogens is 2. The summed E-state index contributed by atoms with van der Waals surface area (Å²) in [6, 6.07) is 5.38. The van der Waals surface area contributed by atoms with Gasteiger partial charge in [-0.25, -0.2) is 0 Å². The van der Waals surface area contributed by atoms with Crippen LogP contribution in [0.4, 0.5) is 0 Å². The van der Waals surface area contributed by atoms with Gasteiger partial charge in [-0.05, 0) is 13.1 Å². The highest BCUT2D eigenvalue weighted by molar-refractivity contribution is 6.30. The summed E-state index contributed by atoms with van der Waals surface area (Å²) in [5, 5.41) is 3.58. The molecule has 2 aromatic rings. The third-order valence-corrected chi connectivity index (χ3v) is 2.27. The molecule has 0 atom stereocenters. The van der Waals surface area contributed by atoms with Gasteiger partial charge in [-0.2, -0.15) is 0 Å². The van der Waals surface area contributed by atoms with E-state index in [-0.39, 0.29) is 0 Å². The first kappa shape index (κ1) is 11.8. The molecular weight excluding hydrogens is 238 g/mol. The monoisotopic (exact) mass is 249 g/mol. The van der Waals surface area contributed by atoms with Crippen LogP contribution in [0.5, 0.6) is 11.5 Å². The highest BCUT2D eigenvalue weighted by Crippen LogP contribution is 2.22. The van der Waals surface area contributed by atoms with E-state index in [1.807, 2.05) is 13.1 Å². The Hall–Kier alpha value is -1.65. The summed E-state index contributed by atoms with van der Waals surface area (Å²) in [6.07, 6.45) is 4.89. The van der Waals surface area contributed by atoms with Gasteiger partial charge in [-0.1, -0.05) is 11.6 Å². The minimum Gasteiger partial charge on any atom is -0.456 e. The van der Waals surface area contributed by atoms with Crippen LogP contribution in [0.1, 0.15) is 5.69 Å². The Kier molecular flexibility index (Phi) is 3.90. The van der Waals surface area contributed by atoms with E-state index in [0.717, 1.165) is 5.69 Å². The highest BCUT2D eigenvalue weighted by Gasteiger charge is 2.00. The lowest BCUT2D eigenvalue weighted by Gasteiger charge is -2.06. The van der Waals surface area contributed by atoms with E-state index in [1.165, 1.54) is 0 Å². The van der Waals surface area contributed by atoms with E-state index < -0.39 is 0 Å². The van der Waals surface area contributed by atoms with Crippen LogP contribution in [0, 0.1) is 0 Å². The third-order valence-electron chi connectivity index (χ3n) is 2.06. The number of nitrogens with zero attached hydrogens (tertiary/aromatic N) is 2. The lowest BCUT2D eigenvalue weighted by molar-refractivity contribution is 0.478. The number of rotatable bonds is 4. The van der Waals surface area contributed by atoms with Crippen molar-refractivity contribution >= 4 is 11.6 Å². The Morgan fingerprint density at radius 2 is 2.18 bits per heavy atom. The van der Waals surface area contributed by atoms with Crippen molar-refractivity contribution in [2.45, 2.75) is 6.54 Å². The molecule has 0 spiro atoms. The van der Waals surface area contributed by atoms with Crippen LogP contribution < -0.4 is 10.1 Å². The first-order chi connectivity index (χ1) is 8.28. The van der Waals surface area contributed by atoms with E-state index in [9.17, 15) is 0 Å². The largest absolute Gasteiger partial charge is 0.456 e. The van der Waals surface area contributed by atoms with Crippen molar-refractivity contribution in [3.63, 3.8) is 0 Å². The molecule has 0 aliphatic heterocycles. The lowest BCUT2D eigenvalue weighted by Crippen LogP contribution is -2.06. The standard InChI is InChI=1S/C12H12ClN3O/c1-14-7-10-5-11(2-3-16-10)17-12-4-9(13)6-15-8-12/h2-6,8,14H,7H2,1H3. The maximum atomic E-state index is 5.83. The van der Waals surface area contributed by atoms with Crippen molar-refractivity contribution in [1.29, 1.82) is 0 Å². The molecule has 0 radical (unpaired) electrons. The van der Waals surface area contributed by atoms with Crippen LogP contribution >= 0.6 is 11.6 Å². The average molecular weight is 250 g/mol. The molecule has 0 fully saturated rings. The van der Waals surface area contributed by atoms with Gasteiger partial charge in [0.05, 0.1) is 16.9 Å². The molecule has 2 rings (SSSR count). The van der Waals surface area contributed by atoms with Crippen molar-refractivity contribution in [2.75, 3.05) is 7.05 Å². The Morgan fingerprint density at radius 3 is 2.94 bits per heavy atom. The molecule has 0 unspecified atom stereocenters. The van der Waals surface area contributed by atoms with Gasteiger partial charge in [0.1, 0.15) is 11.5 Å². The quantitative estimate of drug-likeness (QED) is 0.905. The molecule has 5 heteroatoms. The van der Waals surface area contributed by atoms with Gasteiger partial charge in [0.15, 0.2) is 0 Å². The summed E-state index contributed by atoms with van der Waals surface area (Å²) in [5.41, 5.74) is 0.917. The SMILES string of the molecule is CNCc1cc(Oc2cncc(Cl)c2)ccn1. The predicted molar refractivity (Wildman–Crippen MR) is 66.3 cm³/mol. The number of hydrogen-bond donors (Lipinski definition) is 1. The van der Waals surface area contributed by atoms with E-state index >= 15 is 0 Å². The van der Waals surface area contributed by atoms with Gasteiger partial charge < -0.3 is 10.1 Å². The van der Waals surface area contributed by atoms with Crippen LogP contribution in [0.25, 0.3) is 0 Å². The number of halogens is 1. The van der Waals surface area contributed by atoms with Crippen molar-refractivity contribution in [2.24, 2.45) is 0 Å². The number of hydrogen-bond acceptors (Lipinski definition) is 4. The topological polar surface area (TPSA) is 47.0 Å². The fourth-order valence-corrected chi connectivity index (χ4v) is 1.55. The van der Waals surface area contributed by atoms with E-state index in [1.54, 1.807) is 30.7 Å². The van der Waals surface area contributed by atoms with Crippen LogP contribution in [0.15, 0.2) is 36.8 Å². The molecule has 0 aliphatic rings. The lowest BCUT2D eigenvalue weighted by atomic mass is 10.3. The number of nitrogens with one attached hydrogen (secondary N) is 1. The molecule has 2 aromatic heterocycles. The molecule has 1 N–H and O–H groups in total. The van der Waals surface area contributed by atoms with Gasteiger partial charge in [-0.3, -0.25) is 9.97 Å². The first-order valence-electron chi connectivity index (χ1n) is 5.16. The smallest absolute Gasteiger partial charge is 0.147 e. The third kappa shape index (κ3) is 3.41. The highest BCUT2D eigenvalue weighted by atomic mass is 35.5. The molecule has 0 saturated carbocycles. The first-order valence-corrected chi connectivity index (χ1v) is 5.53. The van der Waals surface area contributed by atoms with E-state index in [2.05, 4.69) is 15.3 Å². The summed E-state index contributed by atoms with van der Waals surface area (Å²) in [5.74, 6) is 1.33. The van der Waals surface area contributed by atoms with Crippen molar-refractivity contribution < 1.29 is 4.74 Å². The maximum absolute atomic E-state index is 5.83. The second-order valence-corrected chi connectivity index (χ2v) is 3.89. The normalized spacial score (nSPS) is 10.2. The minimum absolute atomic E-state index is 0.548. The zero-order valence-corrected chi connectivity index (χ0v) is 10.1. The number of pyridine rings is 2. The van der Waals surface area contributed by atoms with Crippen molar-refractivity contribution in [1.82, 2.24) is 15.3 Å². The summed E-state index contributed by atoms with van der Waals surface area (Å²) in [4.78, 5) is 8.16. The summed E-state index contributed by atoms with van der Waals surface area (Å²) >= 11 is 5.83. The maximum Gasteiger partial charge on any atom is 0.147 e. The van der Waals surface area contributed by atoms with Crippen LogP contribution in [-0.2, 0) is 6.54 Å². The fraction of sp³-hybridized carbons (Fsp3) is 0.167. The van der Waals surface area contributed by atoms with Gasteiger partial charge in [0.2, 0.25) is 0 Å². The minimum atomic E-state index is 0.548. The molecule has 17 heavy (non-hydrogen) atoms. The Labute approximate surface area is 105 Å². The Balaban J connectivity index is 2.15. The zero-order chi connectivity index (χ0) is 12.1. The molecule has 2 heterocycles. The number of ether oxygens (including phenoxy) is 1. The van der Waals surface area contributed by atoms with Gasteiger partial charge in [-0.15, -0.1) is 0 Å². The van der Waals surface area contributed by atoms with Gasteiger partial charge in [0, 0.05) is 31.1 Å². The zero-order valence-electron chi connectivity index (χ0n) is 9.35. The second kappa shape index (κ2) is 5.61. The predicted octanol–water partition coefficient (Wildman–Crippen LogP) is 2.64. The summed E-state index contributed by atoms with van der Waals surface area (Å²) in [7, 11) is 1.87. The second-order valence-electron chi connectivity index (χ2n) is 3.45. The van der Waals surface area contributed by atoms with E-state index in [4.69, 9.17) is 16.3 Å². The fourth-order valence-electron chi connectivity index (χ4n) is 1.38. The molecule has 88 valence electrons. The average Bonchev–Trinajstić information content (AvgIpc) is 2.30. The van der Waals surface area contributed by atoms with Crippen LogP contribution in [-0.4, -0.2) is 17.0 Å².